The Morgan fingerprint density at radius 1 is 1.05 bits per heavy atom. The fourth-order valence-corrected chi connectivity index (χ4v) is 2.81. The summed E-state index contributed by atoms with van der Waals surface area (Å²) in [5.41, 5.74) is 9.76. The third-order valence-corrected chi connectivity index (χ3v) is 4.24. The van der Waals surface area contributed by atoms with Crippen LogP contribution in [0, 0.1) is 6.92 Å². The first-order valence-electron chi connectivity index (χ1n) is 6.77. The minimum absolute atomic E-state index is 0.0290. The van der Waals surface area contributed by atoms with Crippen molar-refractivity contribution in [3.8, 4) is 0 Å². The van der Waals surface area contributed by atoms with Gasteiger partial charge in [-0.3, -0.25) is 0 Å². The zero-order valence-electron chi connectivity index (χ0n) is 11.7. The van der Waals surface area contributed by atoms with Gasteiger partial charge >= 0.3 is 0 Å². The number of hydrogen-bond donors (Lipinski definition) is 1. The summed E-state index contributed by atoms with van der Waals surface area (Å²) in [6.45, 7) is 2.11. The molecule has 0 bridgehead atoms. The molecule has 3 nitrogen and oxygen atoms in total. The molecular formula is C17H16BrN3. The van der Waals surface area contributed by atoms with Crippen molar-refractivity contribution in [1.29, 1.82) is 0 Å². The second-order valence-corrected chi connectivity index (χ2v) is 5.85. The van der Waals surface area contributed by atoms with Crippen LogP contribution in [0.3, 0.4) is 0 Å². The van der Waals surface area contributed by atoms with E-state index in [2.05, 4.69) is 52.2 Å². The van der Waals surface area contributed by atoms with E-state index < -0.39 is 0 Å². The van der Waals surface area contributed by atoms with Gasteiger partial charge in [-0.2, -0.15) is 5.10 Å². The number of nitrogen functional groups attached to an aromatic ring is 1. The van der Waals surface area contributed by atoms with Crippen LogP contribution in [0.15, 0.2) is 65.3 Å². The molecule has 1 aromatic heterocycles. The second-order valence-electron chi connectivity index (χ2n) is 4.99. The Hall–Kier alpha value is -2.07. The van der Waals surface area contributed by atoms with Crippen LogP contribution < -0.4 is 5.73 Å². The Morgan fingerprint density at radius 3 is 2.33 bits per heavy atom. The van der Waals surface area contributed by atoms with Gasteiger partial charge in [0.15, 0.2) is 0 Å². The monoisotopic (exact) mass is 341 g/mol. The predicted octanol–water partition coefficient (Wildman–Crippen LogP) is 4.17. The molecule has 0 aliphatic carbocycles. The van der Waals surface area contributed by atoms with Crippen LogP contribution in [0.4, 0.5) is 5.82 Å². The molecule has 3 aromatic rings. The van der Waals surface area contributed by atoms with Gasteiger partial charge in [0.2, 0.25) is 0 Å². The number of nitrogens with two attached hydrogens (primary N) is 1. The highest BCUT2D eigenvalue weighted by Crippen LogP contribution is 2.32. The SMILES string of the molecule is Cc1ccccc1C(c1ccccc1)n1ncc(Br)c1N. The molecule has 21 heavy (non-hydrogen) atoms. The lowest BCUT2D eigenvalue weighted by Gasteiger charge is -2.22. The Kier molecular flexibility index (Phi) is 3.80. The summed E-state index contributed by atoms with van der Waals surface area (Å²) >= 11 is 3.44. The molecule has 0 aliphatic heterocycles. The van der Waals surface area contributed by atoms with E-state index in [4.69, 9.17) is 5.73 Å². The van der Waals surface area contributed by atoms with E-state index in [1.165, 1.54) is 11.1 Å². The van der Waals surface area contributed by atoms with Crippen LogP contribution in [0.2, 0.25) is 0 Å². The van der Waals surface area contributed by atoms with Gasteiger partial charge in [-0.15, -0.1) is 0 Å². The molecule has 0 aliphatic rings. The molecule has 0 radical (unpaired) electrons. The van der Waals surface area contributed by atoms with E-state index >= 15 is 0 Å². The summed E-state index contributed by atoms with van der Waals surface area (Å²) < 4.78 is 2.68. The van der Waals surface area contributed by atoms with Gasteiger partial charge in [0.25, 0.3) is 0 Å². The van der Waals surface area contributed by atoms with Crippen molar-refractivity contribution in [2.24, 2.45) is 0 Å². The predicted molar refractivity (Wildman–Crippen MR) is 89.2 cm³/mol. The summed E-state index contributed by atoms with van der Waals surface area (Å²) in [5, 5.41) is 4.45. The number of aryl methyl sites for hydroxylation is 1. The Balaban J connectivity index is 2.21. The number of nitrogens with zero attached hydrogens (tertiary/aromatic N) is 2. The molecule has 0 saturated heterocycles. The first-order valence-corrected chi connectivity index (χ1v) is 7.56. The highest BCUT2D eigenvalue weighted by atomic mass is 79.9. The fraction of sp³-hybridized carbons (Fsp3) is 0.118. The van der Waals surface area contributed by atoms with Crippen LogP contribution in [0.5, 0.6) is 0 Å². The lowest BCUT2D eigenvalue weighted by atomic mass is 9.95. The first kappa shape index (κ1) is 13.9. The highest BCUT2D eigenvalue weighted by molar-refractivity contribution is 9.10. The smallest absolute Gasteiger partial charge is 0.137 e. The third-order valence-electron chi connectivity index (χ3n) is 3.63. The Morgan fingerprint density at radius 2 is 1.71 bits per heavy atom. The van der Waals surface area contributed by atoms with Gasteiger partial charge in [0, 0.05) is 0 Å². The molecule has 1 atom stereocenters. The van der Waals surface area contributed by atoms with Crippen molar-refractivity contribution >= 4 is 21.7 Å². The van der Waals surface area contributed by atoms with Crippen LogP contribution in [0.1, 0.15) is 22.7 Å². The summed E-state index contributed by atoms with van der Waals surface area (Å²) in [6.07, 6.45) is 1.74. The second kappa shape index (κ2) is 5.74. The lowest BCUT2D eigenvalue weighted by Crippen LogP contribution is -2.17. The quantitative estimate of drug-likeness (QED) is 0.776. The maximum atomic E-state index is 6.18. The third kappa shape index (κ3) is 2.59. The van der Waals surface area contributed by atoms with Crippen LogP contribution in [-0.4, -0.2) is 9.78 Å². The van der Waals surface area contributed by atoms with E-state index in [9.17, 15) is 0 Å². The summed E-state index contributed by atoms with van der Waals surface area (Å²) in [7, 11) is 0. The zero-order chi connectivity index (χ0) is 14.8. The molecule has 1 unspecified atom stereocenters. The number of aromatic nitrogens is 2. The van der Waals surface area contributed by atoms with Gasteiger partial charge in [0.1, 0.15) is 11.9 Å². The molecule has 106 valence electrons. The first-order chi connectivity index (χ1) is 10.2. The zero-order valence-corrected chi connectivity index (χ0v) is 13.3. The van der Waals surface area contributed by atoms with Crippen molar-refractivity contribution in [3.63, 3.8) is 0 Å². The molecule has 0 saturated carbocycles. The normalized spacial score (nSPS) is 12.3. The maximum absolute atomic E-state index is 6.18. The number of anilines is 1. The molecule has 1 heterocycles. The number of benzene rings is 2. The van der Waals surface area contributed by atoms with E-state index in [0.29, 0.717) is 5.82 Å². The molecule has 3 rings (SSSR count). The van der Waals surface area contributed by atoms with E-state index in [0.717, 1.165) is 10.0 Å². The standard InChI is InChI=1S/C17H16BrN3/c1-12-7-5-6-10-14(12)16(13-8-3-2-4-9-13)21-17(19)15(18)11-20-21/h2-11,16H,19H2,1H3. The van der Waals surface area contributed by atoms with Crippen molar-refractivity contribution in [1.82, 2.24) is 9.78 Å². The fourth-order valence-electron chi connectivity index (χ4n) is 2.54. The van der Waals surface area contributed by atoms with E-state index in [1.807, 2.05) is 35.0 Å². The summed E-state index contributed by atoms with van der Waals surface area (Å²) in [4.78, 5) is 0. The van der Waals surface area contributed by atoms with Crippen LogP contribution in [-0.2, 0) is 0 Å². The van der Waals surface area contributed by atoms with Crippen molar-refractivity contribution in [3.05, 3.63) is 82.0 Å². The highest BCUT2D eigenvalue weighted by Gasteiger charge is 2.21. The topological polar surface area (TPSA) is 43.8 Å². The number of halogens is 1. The van der Waals surface area contributed by atoms with Crippen LogP contribution in [0.25, 0.3) is 0 Å². The van der Waals surface area contributed by atoms with Gasteiger partial charge < -0.3 is 5.73 Å². The van der Waals surface area contributed by atoms with Crippen molar-refractivity contribution in [2.75, 3.05) is 5.73 Å². The van der Waals surface area contributed by atoms with E-state index in [1.54, 1.807) is 6.20 Å². The maximum Gasteiger partial charge on any atom is 0.137 e. The van der Waals surface area contributed by atoms with Crippen LogP contribution >= 0.6 is 15.9 Å². The molecule has 2 aromatic carbocycles. The lowest BCUT2D eigenvalue weighted by molar-refractivity contribution is 0.602. The Bertz CT molecular complexity index is 750. The Labute approximate surface area is 132 Å². The average Bonchev–Trinajstić information content (AvgIpc) is 2.83. The molecule has 0 fully saturated rings. The summed E-state index contributed by atoms with van der Waals surface area (Å²) in [5.74, 6) is 0.632. The molecule has 0 spiro atoms. The largest absolute Gasteiger partial charge is 0.383 e. The molecule has 2 N–H and O–H groups in total. The molecule has 4 heteroatoms. The minimum atomic E-state index is -0.0290. The van der Waals surface area contributed by atoms with Gasteiger partial charge in [-0.25, -0.2) is 4.68 Å². The van der Waals surface area contributed by atoms with Gasteiger partial charge in [-0.1, -0.05) is 54.6 Å². The van der Waals surface area contributed by atoms with Crippen molar-refractivity contribution < 1.29 is 0 Å². The summed E-state index contributed by atoms with van der Waals surface area (Å²) in [6, 6.07) is 18.6. The minimum Gasteiger partial charge on any atom is -0.383 e. The average molecular weight is 342 g/mol. The molecular weight excluding hydrogens is 326 g/mol. The van der Waals surface area contributed by atoms with Gasteiger partial charge in [0.05, 0.1) is 10.7 Å². The molecule has 0 amide bonds. The number of hydrogen-bond acceptors (Lipinski definition) is 2. The van der Waals surface area contributed by atoms with E-state index in [-0.39, 0.29) is 6.04 Å². The van der Waals surface area contributed by atoms with Crippen molar-refractivity contribution in [2.45, 2.75) is 13.0 Å². The number of rotatable bonds is 3. The van der Waals surface area contributed by atoms with Gasteiger partial charge in [-0.05, 0) is 39.5 Å².